The van der Waals surface area contributed by atoms with Crippen molar-refractivity contribution < 1.29 is 24.5 Å². The highest BCUT2D eigenvalue weighted by molar-refractivity contribution is 5.76. The first-order chi connectivity index (χ1) is 36.0. The van der Waals surface area contributed by atoms with Crippen LogP contribution in [0.4, 0.5) is 0 Å². The molecule has 0 spiro atoms. The van der Waals surface area contributed by atoms with E-state index in [1.165, 1.54) is 315 Å². The van der Waals surface area contributed by atoms with Gasteiger partial charge in [0.15, 0.2) is 0 Å². The van der Waals surface area contributed by atoms with Gasteiger partial charge in [-0.2, -0.15) is 0 Å². The predicted octanol–water partition coefficient (Wildman–Crippen LogP) is 21.2. The van der Waals surface area contributed by atoms with Crippen molar-refractivity contribution in [2.45, 2.75) is 392 Å². The van der Waals surface area contributed by atoms with Crippen molar-refractivity contribution in [2.75, 3.05) is 13.2 Å². The van der Waals surface area contributed by atoms with Crippen LogP contribution >= 0.6 is 0 Å². The number of hydrogen-bond donors (Lipinski definition) is 3. The first-order valence-corrected chi connectivity index (χ1v) is 33.5. The SMILES string of the molecule is CCCCCCCCCCCCCC/C=C/C(O)C(CO)NC(=O)CCCCCCCCCCCCCCCCCCCCCCCCCCCOC(=O)CCCCCCCCCCCCCCCCCCC. The molecule has 434 valence electrons. The van der Waals surface area contributed by atoms with Crippen molar-refractivity contribution in [1.82, 2.24) is 5.32 Å². The Hall–Kier alpha value is -1.40. The molecule has 2 unspecified atom stereocenters. The molecule has 2 atom stereocenters. The average Bonchev–Trinajstić information content (AvgIpc) is 3.39. The summed E-state index contributed by atoms with van der Waals surface area (Å²) in [5.74, 6) is -0.0432. The average molecular weight is 1030 g/mol. The fraction of sp³-hybridized carbons (Fsp3) is 0.940. The quantitative estimate of drug-likeness (QED) is 0.0320. The minimum atomic E-state index is -0.842. The number of ether oxygens (including phenoxy) is 1. The van der Waals surface area contributed by atoms with Crippen LogP contribution in [-0.2, 0) is 14.3 Å². The van der Waals surface area contributed by atoms with E-state index in [0.717, 1.165) is 38.5 Å². The van der Waals surface area contributed by atoms with Gasteiger partial charge in [0.2, 0.25) is 5.91 Å². The van der Waals surface area contributed by atoms with E-state index in [0.29, 0.717) is 19.4 Å². The number of carbonyl (C=O) groups excluding carboxylic acids is 2. The number of esters is 1. The predicted molar refractivity (Wildman–Crippen MR) is 320 cm³/mol. The van der Waals surface area contributed by atoms with Crippen LogP contribution in [0.5, 0.6) is 0 Å². The van der Waals surface area contributed by atoms with Crippen LogP contribution in [0.3, 0.4) is 0 Å². The van der Waals surface area contributed by atoms with E-state index < -0.39 is 12.1 Å². The Kier molecular flexibility index (Phi) is 61.9. The summed E-state index contributed by atoms with van der Waals surface area (Å²) in [4.78, 5) is 24.6. The Morgan fingerprint density at radius 3 is 0.932 bits per heavy atom. The number of nitrogens with one attached hydrogen (secondary N) is 1. The van der Waals surface area contributed by atoms with Crippen molar-refractivity contribution in [3.8, 4) is 0 Å². The summed E-state index contributed by atoms with van der Waals surface area (Å²) in [5, 5.41) is 23.1. The molecule has 73 heavy (non-hydrogen) atoms. The van der Waals surface area contributed by atoms with Crippen molar-refractivity contribution in [3.63, 3.8) is 0 Å². The smallest absolute Gasteiger partial charge is 0.305 e. The van der Waals surface area contributed by atoms with Crippen LogP contribution < -0.4 is 5.32 Å². The second-order valence-electron chi connectivity index (χ2n) is 23.2. The van der Waals surface area contributed by atoms with E-state index in [1.54, 1.807) is 6.08 Å². The van der Waals surface area contributed by atoms with Crippen molar-refractivity contribution in [1.29, 1.82) is 0 Å². The zero-order valence-corrected chi connectivity index (χ0v) is 49.6. The third-order valence-electron chi connectivity index (χ3n) is 15.8. The van der Waals surface area contributed by atoms with Gasteiger partial charge in [-0.3, -0.25) is 9.59 Å². The van der Waals surface area contributed by atoms with Gasteiger partial charge in [0.1, 0.15) is 0 Å². The fourth-order valence-corrected chi connectivity index (χ4v) is 10.7. The molecule has 0 radical (unpaired) electrons. The summed E-state index contributed by atoms with van der Waals surface area (Å²) in [6.45, 7) is 4.94. The van der Waals surface area contributed by atoms with Crippen LogP contribution in [0.2, 0.25) is 0 Å². The molecule has 0 bridgehead atoms. The summed E-state index contributed by atoms with van der Waals surface area (Å²) in [7, 11) is 0. The Morgan fingerprint density at radius 1 is 0.370 bits per heavy atom. The van der Waals surface area contributed by atoms with Crippen LogP contribution in [0.25, 0.3) is 0 Å². The lowest BCUT2D eigenvalue weighted by Crippen LogP contribution is -2.45. The maximum atomic E-state index is 12.5. The van der Waals surface area contributed by atoms with E-state index in [2.05, 4.69) is 19.2 Å². The minimum Gasteiger partial charge on any atom is -0.466 e. The molecule has 0 aromatic rings. The summed E-state index contributed by atoms with van der Waals surface area (Å²) in [5.41, 5.74) is 0. The lowest BCUT2D eigenvalue weighted by molar-refractivity contribution is -0.143. The summed E-state index contributed by atoms with van der Waals surface area (Å²) >= 11 is 0. The summed E-state index contributed by atoms with van der Waals surface area (Å²) in [6.07, 6.45) is 77.0. The topological polar surface area (TPSA) is 95.9 Å². The number of hydrogen-bond acceptors (Lipinski definition) is 5. The second-order valence-corrected chi connectivity index (χ2v) is 23.2. The van der Waals surface area contributed by atoms with Gasteiger partial charge in [-0.15, -0.1) is 0 Å². The van der Waals surface area contributed by atoms with Crippen molar-refractivity contribution in [3.05, 3.63) is 12.2 Å². The molecule has 6 nitrogen and oxygen atoms in total. The van der Waals surface area contributed by atoms with E-state index >= 15 is 0 Å². The number of allylic oxidation sites excluding steroid dienone is 1. The van der Waals surface area contributed by atoms with E-state index in [4.69, 9.17) is 4.74 Å². The van der Waals surface area contributed by atoms with Crippen LogP contribution in [0.15, 0.2) is 12.2 Å². The maximum absolute atomic E-state index is 12.5. The van der Waals surface area contributed by atoms with Gasteiger partial charge in [0, 0.05) is 12.8 Å². The fourth-order valence-electron chi connectivity index (χ4n) is 10.7. The third-order valence-corrected chi connectivity index (χ3v) is 15.8. The molecular weight excluding hydrogens is 899 g/mol. The molecule has 6 heteroatoms. The highest BCUT2D eigenvalue weighted by Crippen LogP contribution is 2.19. The number of unbranched alkanes of at least 4 members (excludes halogenated alkanes) is 52. The molecule has 0 aliphatic carbocycles. The monoisotopic (exact) mass is 1030 g/mol. The van der Waals surface area contributed by atoms with Gasteiger partial charge in [-0.25, -0.2) is 0 Å². The summed E-state index contributed by atoms with van der Waals surface area (Å²) < 4.78 is 5.51. The number of rotatable bonds is 63. The highest BCUT2D eigenvalue weighted by atomic mass is 16.5. The molecule has 0 aliphatic rings. The molecule has 3 N–H and O–H groups in total. The zero-order valence-electron chi connectivity index (χ0n) is 49.6. The van der Waals surface area contributed by atoms with Gasteiger partial charge in [0.05, 0.1) is 25.4 Å². The van der Waals surface area contributed by atoms with Gasteiger partial charge in [-0.05, 0) is 32.1 Å². The van der Waals surface area contributed by atoms with E-state index in [9.17, 15) is 19.8 Å². The van der Waals surface area contributed by atoms with Gasteiger partial charge >= 0.3 is 5.97 Å². The van der Waals surface area contributed by atoms with Gasteiger partial charge in [0.25, 0.3) is 0 Å². The van der Waals surface area contributed by atoms with Crippen LogP contribution in [0.1, 0.15) is 380 Å². The molecule has 0 saturated heterocycles. The molecule has 0 heterocycles. The third kappa shape index (κ3) is 59.7. The Balaban J connectivity index is 3.34. The molecule has 1 amide bonds. The molecule has 0 rings (SSSR count). The van der Waals surface area contributed by atoms with Gasteiger partial charge in [-0.1, -0.05) is 347 Å². The van der Waals surface area contributed by atoms with Crippen molar-refractivity contribution in [2.24, 2.45) is 0 Å². The van der Waals surface area contributed by atoms with Crippen LogP contribution in [0, 0.1) is 0 Å². The first-order valence-electron chi connectivity index (χ1n) is 33.5. The molecule has 0 aromatic carbocycles. The lowest BCUT2D eigenvalue weighted by Gasteiger charge is -2.20. The van der Waals surface area contributed by atoms with E-state index in [-0.39, 0.29) is 18.5 Å². The van der Waals surface area contributed by atoms with Crippen LogP contribution in [-0.4, -0.2) is 47.4 Å². The summed E-state index contributed by atoms with van der Waals surface area (Å²) in [6, 6.07) is -0.625. The number of amides is 1. The number of aliphatic hydroxyl groups is 2. The zero-order chi connectivity index (χ0) is 52.9. The van der Waals surface area contributed by atoms with E-state index in [1.807, 2.05) is 6.08 Å². The molecule has 0 saturated carbocycles. The first kappa shape index (κ1) is 71.6. The lowest BCUT2D eigenvalue weighted by atomic mass is 10.0. The molecule has 0 fully saturated rings. The normalized spacial score (nSPS) is 12.5. The maximum Gasteiger partial charge on any atom is 0.305 e. The largest absolute Gasteiger partial charge is 0.466 e. The second kappa shape index (κ2) is 63.1. The standard InChI is InChI=1S/C67H131NO5/c1-3-5-7-9-11-13-15-17-19-29-33-37-41-45-49-53-57-61-67(72)73-62-58-54-50-46-42-38-34-31-28-26-24-22-20-21-23-25-27-30-32-36-40-44-48-52-56-60-66(71)68-64(63-69)65(70)59-55-51-47-43-39-35-18-16-14-12-10-8-6-4-2/h55,59,64-65,69-70H,3-54,56-58,60-63H2,1-2H3,(H,68,71)/b59-55+. The highest BCUT2D eigenvalue weighted by Gasteiger charge is 2.18. The number of carbonyl (C=O) groups is 2. The Morgan fingerprint density at radius 2 is 0.630 bits per heavy atom. The van der Waals surface area contributed by atoms with Gasteiger partial charge < -0.3 is 20.3 Å². The Bertz CT molecular complexity index is 1100. The number of aliphatic hydroxyl groups excluding tert-OH is 2. The van der Waals surface area contributed by atoms with Crippen molar-refractivity contribution >= 4 is 11.9 Å². The Labute approximate surface area is 457 Å². The molecule has 0 aromatic heterocycles. The minimum absolute atomic E-state index is 0.0207. The molecular formula is C67H131NO5. The molecule has 0 aliphatic heterocycles.